The summed E-state index contributed by atoms with van der Waals surface area (Å²) in [6.07, 6.45) is 1.08. The van der Waals surface area contributed by atoms with Gasteiger partial charge in [-0.15, -0.1) is 0 Å². The van der Waals surface area contributed by atoms with E-state index in [4.69, 9.17) is 4.74 Å². The quantitative estimate of drug-likeness (QED) is 0.431. The molecule has 2 nitrogen and oxygen atoms in total. The van der Waals surface area contributed by atoms with E-state index in [1.165, 1.54) is 0 Å². The first kappa shape index (κ1) is 10.5. The average Bonchev–Trinajstić information content (AvgIpc) is 1.97. The minimum atomic E-state index is 0.791. The van der Waals surface area contributed by atoms with Crippen LogP contribution in [0.4, 0.5) is 0 Å². The molecule has 0 amide bonds. The number of rotatable bonds is 6. The van der Waals surface area contributed by atoms with Gasteiger partial charge in [0.25, 0.3) is 0 Å². The molecule has 0 heterocycles. The average molecular weight is 157 g/mol. The zero-order chi connectivity index (χ0) is 8.69. The summed E-state index contributed by atoms with van der Waals surface area (Å²) in [7, 11) is 2.11. The van der Waals surface area contributed by atoms with Crippen LogP contribution in [0, 0.1) is 0 Å². The summed E-state index contributed by atoms with van der Waals surface area (Å²) in [4.78, 5) is 2.27. The molecule has 0 fully saturated rings. The number of allylic oxidation sites excluding steroid dienone is 1. The third kappa shape index (κ3) is 7.40. The highest BCUT2D eigenvalue weighted by molar-refractivity contribution is 4.73. The maximum atomic E-state index is 5.22. The Morgan fingerprint density at radius 1 is 1.55 bits per heavy atom. The lowest BCUT2D eigenvalue weighted by molar-refractivity contribution is 0.195. The molecule has 0 atom stereocenters. The van der Waals surface area contributed by atoms with Crippen molar-refractivity contribution in [3.63, 3.8) is 0 Å². The van der Waals surface area contributed by atoms with E-state index in [0.29, 0.717) is 0 Å². The van der Waals surface area contributed by atoms with Crippen LogP contribution in [0.1, 0.15) is 20.3 Å². The molecule has 66 valence electrons. The fraction of sp³-hybridized carbons (Fsp3) is 0.778. The van der Waals surface area contributed by atoms with Crippen LogP contribution in [0.25, 0.3) is 0 Å². The first-order chi connectivity index (χ1) is 5.16. The van der Waals surface area contributed by atoms with Crippen LogP contribution in [0.2, 0.25) is 0 Å². The molecule has 0 aliphatic rings. The topological polar surface area (TPSA) is 12.5 Å². The smallest absolute Gasteiger partial charge is 0.0889 e. The lowest BCUT2D eigenvalue weighted by Gasteiger charge is -2.13. The molecule has 0 saturated heterocycles. The van der Waals surface area contributed by atoms with Gasteiger partial charge in [-0.2, -0.15) is 0 Å². The molecule has 2 heteroatoms. The largest absolute Gasteiger partial charge is 0.499 e. The van der Waals surface area contributed by atoms with Crippen molar-refractivity contribution in [3.05, 3.63) is 12.3 Å². The Kier molecular flexibility index (Phi) is 5.94. The van der Waals surface area contributed by atoms with E-state index < -0.39 is 0 Å². The summed E-state index contributed by atoms with van der Waals surface area (Å²) in [5.41, 5.74) is 0. The molecule has 0 aromatic rings. The van der Waals surface area contributed by atoms with Crippen LogP contribution in [-0.4, -0.2) is 31.6 Å². The molecule has 0 unspecified atom stereocenters. The third-order valence-corrected chi connectivity index (χ3v) is 1.57. The Hall–Kier alpha value is -0.500. The van der Waals surface area contributed by atoms with Crippen LogP contribution in [-0.2, 0) is 4.74 Å². The van der Waals surface area contributed by atoms with E-state index in [2.05, 4.69) is 25.5 Å². The molecule has 0 aliphatic heterocycles. The van der Waals surface area contributed by atoms with Crippen molar-refractivity contribution in [2.45, 2.75) is 20.3 Å². The maximum absolute atomic E-state index is 5.22. The molecule has 0 aromatic heterocycles. The standard InChI is InChI=1S/C9H19NO/c1-5-10(4)7-6-8-11-9(2)3/h2,5-8H2,1,3-4H3. The fourth-order valence-electron chi connectivity index (χ4n) is 0.739. The summed E-state index contributed by atoms with van der Waals surface area (Å²) < 4.78 is 5.22. The van der Waals surface area contributed by atoms with Gasteiger partial charge in [0.1, 0.15) is 0 Å². The lowest BCUT2D eigenvalue weighted by atomic mass is 10.4. The zero-order valence-electron chi connectivity index (χ0n) is 7.89. The van der Waals surface area contributed by atoms with Gasteiger partial charge in [-0.1, -0.05) is 13.5 Å². The van der Waals surface area contributed by atoms with Crippen LogP contribution in [0.15, 0.2) is 12.3 Å². The van der Waals surface area contributed by atoms with E-state index in [9.17, 15) is 0 Å². The molecule has 0 aromatic carbocycles. The third-order valence-electron chi connectivity index (χ3n) is 1.57. The highest BCUT2D eigenvalue weighted by Gasteiger charge is 1.93. The van der Waals surface area contributed by atoms with E-state index in [-0.39, 0.29) is 0 Å². The number of nitrogens with zero attached hydrogens (tertiary/aromatic N) is 1. The van der Waals surface area contributed by atoms with Gasteiger partial charge in [0, 0.05) is 6.54 Å². The van der Waals surface area contributed by atoms with Gasteiger partial charge in [-0.3, -0.25) is 0 Å². The van der Waals surface area contributed by atoms with Gasteiger partial charge in [-0.05, 0) is 26.9 Å². The summed E-state index contributed by atoms with van der Waals surface area (Å²) in [6.45, 7) is 10.7. The second-order valence-corrected chi connectivity index (χ2v) is 2.80. The molecule has 0 saturated carbocycles. The van der Waals surface area contributed by atoms with E-state index >= 15 is 0 Å². The molecular weight excluding hydrogens is 138 g/mol. The van der Waals surface area contributed by atoms with Gasteiger partial charge in [-0.25, -0.2) is 0 Å². The highest BCUT2D eigenvalue weighted by atomic mass is 16.5. The van der Waals surface area contributed by atoms with E-state index in [1.54, 1.807) is 0 Å². The number of hydrogen-bond donors (Lipinski definition) is 0. The Labute approximate surface area is 69.8 Å². The minimum Gasteiger partial charge on any atom is -0.499 e. The molecule has 0 spiro atoms. The van der Waals surface area contributed by atoms with Crippen molar-refractivity contribution >= 4 is 0 Å². The van der Waals surface area contributed by atoms with Gasteiger partial charge >= 0.3 is 0 Å². The summed E-state index contributed by atoms with van der Waals surface area (Å²) in [5.74, 6) is 0.809. The van der Waals surface area contributed by atoms with Crippen molar-refractivity contribution in [2.24, 2.45) is 0 Å². The van der Waals surface area contributed by atoms with Crippen molar-refractivity contribution < 1.29 is 4.74 Å². The SMILES string of the molecule is C=C(C)OCCCN(C)CC. The Morgan fingerprint density at radius 3 is 2.64 bits per heavy atom. The lowest BCUT2D eigenvalue weighted by Crippen LogP contribution is -2.19. The molecule has 0 radical (unpaired) electrons. The highest BCUT2D eigenvalue weighted by Crippen LogP contribution is 1.93. The van der Waals surface area contributed by atoms with Gasteiger partial charge in [0.2, 0.25) is 0 Å². The molecule has 0 rings (SSSR count). The van der Waals surface area contributed by atoms with Crippen LogP contribution in [0.5, 0.6) is 0 Å². The van der Waals surface area contributed by atoms with Crippen molar-refractivity contribution in [3.8, 4) is 0 Å². The van der Waals surface area contributed by atoms with Crippen LogP contribution < -0.4 is 0 Å². The molecule has 11 heavy (non-hydrogen) atoms. The van der Waals surface area contributed by atoms with Crippen LogP contribution in [0.3, 0.4) is 0 Å². The second kappa shape index (κ2) is 6.23. The van der Waals surface area contributed by atoms with Gasteiger partial charge < -0.3 is 9.64 Å². The molecule has 0 aliphatic carbocycles. The predicted octanol–water partition coefficient (Wildman–Crippen LogP) is 1.88. The van der Waals surface area contributed by atoms with Crippen molar-refractivity contribution in [1.29, 1.82) is 0 Å². The summed E-state index contributed by atoms with van der Waals surface area (Å²) >= 11 is 0. The summed E-state index contributed by atoms with van der Waals surface area (Å²) in [6, 6.07) is 0. The predicted molar refractivity (Wildman–Crippen MR) is 48.6 cm³/mol. The first-order valence-corrected chi connectivity index (χ1v) is 4.13. The zero-order valence-corrected chi connectivity index (χ0v) is 7.89. The molecule has 0 bridgehead atoms. The molecule has 0 N–H and O–H groups in total. The second-order valence-electron chi connectivity index (χ2n) is 2.80. The Balaban J connectivity index is 3.08. The van der Waals surface area contributed by atoms with Crippen molar-refractivity contribution in [1.82, 2.24) is 4.90 Å². The number of ether oxygens (including phenoxy) is 1. The van der Waals surface area contributed by atoms with Gasteiger partial charge in [0.05, 0.1) is 12.4 Å². The van der Waals surface area contributed by atoms with Gasteiger partial charge in [0.15, 0.2) is 0 Å². The minimum absolute atomic E-state index is 0.791. The number of hydrogen-bond acceptors (Lipinski definition) is 2. The van der Waals surface area contributed by atoms with E-state index in [1.807, 2.05) is 6.92 Å². The monoisotopic (exact) mass is 157 g/mol. The maximum Gasteiger partial charge on any atom is 0.0889 e. The fourth-order valence-corrected chi connectivity index (χ4v) is 0.739. The Morgan fingerprint density at radius 2 is 2.18 bits per heavy atom. The Bertz CT molecular complexity index is 112. The normalized spacial score (nSPS) is 10.2. The van der Waals surface area contributed by atoms with Crippen molar-refractivity contribution in [2.75, 3.05) is 26.7 Å². The van der Waals surface area contributed by atoms with Crippen LogP contribution >= 0.6 is 0 Å². The molecular formula is C9H19NO. The van der Waals surface area contributed by atoms with E-state index in [0.717, 1.165) is 31.9 Å². The summed E-state index contributed by atoms with van der Waals surface area (Å²) in [5, 5.41) is 0. The first-order valence-electron chi connectivity index (χ1n) is 4.13.